The normalized spacial score (nSPS) is 16.3. The third-order valence-electron chi connectivity index (χ3n) is 4.78. The highest BCUT2D eigenvalue weighted by atomic mass is 19.2. The van der Waals surface area contributed by atoms with Gasteiger partial charge < -0.3 is 14.0 Å². The molecule has 1 aliphatic rings. The Bertz CT molecular complexity index is 1080. The molecule has 0 fully saturated rings. The molecule has 9 heteroatoms. The Kier molecular flexibility index (Phi) is 5.41. The smallest absolute Gasteiger partial charge is 0.504 e. The number of ketones is 1. The highest BCUT2D eigenvalue weighted by Crippen LogP contribution is 2.45. The number of hydrogen-bond donors (Lipinski definition) is 0. The minimum absolute atomic E-state index is 0.0629. The third kappa shape index (κ3) is 3.85. The summed E-state index contributed by atoms with van der Waals surface area (Å²) in [7, 11) is -1.31. The molecule has 2 aromatic heterocycles. The number of allylic oxidation sites excluding steroid dienone is 4. The molecule has 0 bridgehead atoms. The lowest BCUT2D eigenvalue weighted by atomic mass is 9.84. The van der Waals surface area contributed by atoms with E-state index < -0.39 is 30.2 Å². The molecule has 6 nitrogen and oxygen atoms in total. The lowest BCUT2D eigenvalue weighted by Gasteiger charge is -2.23. The Labute approximate surface area is 166 Å². The number of rotatable bonds is 5. The van der Waals surface area contributed by atoms with Gasteiger partial charge in [0.05, 0.1) is 0 Å². The van der Waals surface area contributed by atoms with Crippen LogP contribution in [0.3, 0.4) is 0 Å². The molecule has 0 unspecified atom stereocenters. The van der Waals surface area contributed by atoms with E-state index in [0.717, 1.165) is 29.2 Å². The van der Waals surface area contributed by atoms with E-state index in [1.807, 2.05) is 37.9 Å². The first-order valence-corrected chi connectivity index (χ1v) is 8.85. The number of aromatic nitrogens is 1. The molecule has 0 aromatic carbocycles. The number of aryl methyl sites for hydroxylation is 1. The summed E-state index contributed by atoms with van der Waals surface area (Å²) in [6.45, 7) is 5.46. The van der Waals surface area contributed by atoms with Crippen LogP contribution in [0.2, 0.25) is 0 Å². The quantitative estimate of drug-likeness (QED) is 0.433. The zero-order valence-corrected chi connectivity index (χ0v) is 16.4. The van der Waals surface area contributed by atoms with E-state index in [-0.39, 0.29) is 11.2 Å². The number of hydrogen-bond acceptors (Lipinski definition) is 6. The Morgan fingerprint density at radius 3 is 2.76 bits per heavy atom. The second kappa shape index (κ2) is 7.65. The largest absolute Gasteiger partial charge is 0.796 e. The molecule has 150 valence electrons. The minimum atomic E-state index is -3.17. The number of nitrogens with zero attached hydrogens (tertiary/aromatic N) is 2. The number of carbonyl (C=O) groups excluding carboxylic acids is 1. The molecule has 0 N–H and O–H groups in total. The number of pyridine rings is 1. The fraction of sp³-hybridized carbons (Fsp3) is 0.250. The van der Waals surface area contributed by atoms with Crippen molar-refractivity contribution >= 4 is 19.1 Å². The van der Waals surface area contributed by atoms with Gasteiger partial charge in [0.1, 0.15) is 22.9 Å². The fourth-order valence-corrected chi connectivity index (χ4v) is 3.45. The summed E-state index contributed by atoms with van der Waals surface area (Å²) in [5.74, 6) is -0.422. The van der Waals surface area contributed by atoms with E-state index in [4.69, 9.17) is 4.42 Å². The predicted octanol–water partition coefficient (Wildman–Crippen LogP) is 3.70. The van der Waals surface area contributed by atoms with E-state index in [1.54, 1.807) is 12.3 Å². The van der Waals surface area contributed by atoms with Crippen LogP contribution >= 0.6 is 0 Å². The van der Waals surface area contributed by atoms with Gasteiger partial charge in [-0.1, -0.05) is 26.0 Å². The van der Waals surface area contributed by atoms with Crippen LogP contribution in [0, 0.1) is 6.92 Å². The lowest BCUT2D eigenvalue weighted by Crippen LogP contribution is -2.22. The van der Waals surface area contributed by atoms with Gasteiger partial charge in [0.2, 0.25) is 0 Å². The van der Waals surface area contributed by atoms with Crippen molar-refractivity contribution in [2.75, 3.05) is 11.9 Å². The average Bonchev–Trinajstić information content (AvgIpc) is 2.81. The van der Waals surface area contributed by atoms with Gasteiger partial charge in [0.25, 0.3) is 0 Å². The Morgan fingerprint density at radius 1 is 1.38 bits per heavy atom. The van der Waals surface area contributed by atoms with Crippen molar-refractivity contribution in [2.24, 2.45) is 0 Å². The van der Waals surface area contributed by atoms with Crippen LogP contribution in [0.1, 0.15) is 35.5 Å². The van der Waals surface area contributed by atoms with E-state index >= 15 is 0 Å². The predicted molar refractivity (Wildman–Crippen MR) is 106 cm³/mol. The summed E-state index contributed by atoms with van der Waals surface area (Å²) in [6, 6.07) is 4.93. The van der Waals surface area contributed by atoms with Crippen LogP contribution in [0.15, 0.2) is 57.5 Å². The van der Waals surface area contributed by atoms with E-state index in [2.05, 4.69) is 9.64 Å². The number of likely N-dealkylation sites (N-methyl/N-ethyl adjacent to an activating group) is 1. The van der Waals surface area contributed by atoms with E-state index in [0.29, 0.717) is 0 Å². The Morgan fingerprint density at radius 2 is 2.10 bits per heavy atom. The van der Waals surface area contributed by atoms with Crippen LogP contribution < -0.4 is 15.2 Å². The fourth-order valence-electron chi connectivity index (χ4n) is 3.45. The summed E-state index contributed by atoms with van der Waals surface area (Å²) < 4.78 is 34.5. The van der Waals surface area contributed by atoms with Gasteiger partial charge in [-0.3, -0.25) is 4.79 Å². The highest BCUT2D eigenvalue weighted by Gasteiger charge is 2.38. The van der Waals surface area contributed by atoms with Crippen LogP contribution in [0.5, 0.6) is 5.75 Å². The monoisotopic (exact) mass is 400 g/mol. The summed E-state index contributed by atoms with van der Waals surface area (Å²) in [5.41, 5.74) is -0.0265. The first kappa shape index (κ1) is 20.5. The number of carbonyl (C=O) groups is 1. The van der Waals surface area contributed by atoms with Gasteiger partial charge in [0.15, 0.2) is 5.78 Å². The molecule has 0 amide bonds. The number of fused-ring (bicyclic) bond motifs is 1. The molecule has 0 saturated carbocycles. The molecule has 29 heavy (non-hydrogen) atoms. The molecular weight excluding hydrogens is 381 g/mol. The maximum absolute atomic E-state index is 12.6. The summed E-state index contributed by atoms with van der Waals surface area (Å²) in [4.78, 5) is 30.8. The maximum Gasteiger partial charge on any atom is 0.796 e. The third-order valence-corrected chi connectivity index (χ3v) is 4.78. The topological polar surface area (TPSA) is 72.6 Å². The van der Waals surface area contributed by atoms with Gasteiger partial charge in [-0.15, -0.1) is 0 Å². The molecule has 3 heterocycles. The number of anilines is 1. The first-order chi connectivity index (χ1) is 13.6. The van der Waals surface area contributed by atoms with Gasteiger partial charge in [-0.2, -0.15) is 0 Å². The molecule has 0 saturated heterocycles. The molecule has 2 aromatic rings. The van der Waals surface area contributed by atoms with Crippen molar-refractivity contribution in [2.45, 2.75) is 26.2 Å². The van der Waals surface area contributed by atoms with Crippen molar-refractivity contribution < 1.29 is 22.5 Å². The highest BCUT2D eigenvalue weighted by molar-refractivity contribution is 6.35. The summed E-state index contributed by atoms with van der Waals surface area (Å²) >= 11 is 0. The van der Waals surface area contributed by atoms with Crippen molar-refractivity contribution in [1.82, 2.24) is 4.98 Å². The second-order valence-corrected chi connectivity index (χ2v) is 7.10. The van der Waals surface area contributed by atoms with E-state index in [9.17, 15) is 18.2 Å². The molecule has 0 spiro atoms. The maximum atomic E-state index is 12.6. The van der Waals surface area contributed by atoms with Gasteiger partial charge >= 0.3 is 13.1 Å². The minimum Gasteiger partial charge on any atom is -0.504 e. The molecule has 0 radical (unpaired) electrons. The summed E-state index contributed by atoms with van der Waals surface area (Å²) in [6.07, 6.45) is 6.01. The molecule has 0 aliphatic carbocycles. The second-order valence-electron chi connectivity index (χ2n) is 7.10. The van der Waals surface area contributed by atoms with Crippen molar-refractivity contribution in [1.29, 1.82) is 0 Å². The van der Waals surface area contributed by atoms with Crippen LogP contribution in [-0.2, 0) is 5.41 Å². The molecule has 1 aliphatic heterocycles. The molecular formula is C20H19BF2N2O4. The van der Waals surface area contributed by atoms with E-state index in [1.165, 1.54) is 13.0 Å². The molecule has 3 rings (SSSR count). The van der Waals surface area contributed by atoms with Gasteiger partial charge in [0, 0.05) is 36.0 Å². The number of halogens is 2. The SMILES string of the molecule is Cc1cc(OB(F)F)c(C(=O)/C=C/C=C2\N(C)c3ncccc3C2(C)C)c(=O)o1. The Balaban J connectivity index is 1.92. The van der Waals surface area contributed by atoms with Crippen LogP contribution in [0.4, 0.5) is 14.4 Å². The average molecular weight is 400 g/mol. The summed E-state index contributed by atoms with van der Waals surface area (Å²) in [5, 5.41) is 0. The van der Waals surface area contributed by atoms with Crippen LogP contribution in [-0.4, -0.2) is 25.3 Å². The zero-order chi connectivity index (χ0) is 21.3. The Hall–Kier alpha value is -3.23. The lowest BCUT2D eigenvalue weighted by molar-refractivity contribution is 0.104. The zero-order valence-electron chi connectivity index (χ0n) is 16.4. The van der Waals surface area contributed by atoms with Crippen molar-refractivity contribution in [3.8, 4) is 5.75 Å². The first-order valence-electron chi connectivity index (χ1n) is 8.85. The van der Waals surface area contributed by atoms with Gasteiger partial charge in [-0.05, 0) is 25.1 Å². The van der Waals surface area contributed by atoms with Crippen molar-refractivity contribution in [3.05, 3.63) is 75.6 Å². The van der Waals surface area contributed by atoms with Crippen molar-refractivity contribution in [3.63, 3.8) is 0 Å². The van der Waals surface area contributed by atoms with Crippen LogP contribution in [0.25, 0.3) is 0 Å². The van der Waals surface area contributed by atoms with Gasteiger partial charge in [-0.25, -0.2) is 18.4 Å². The molecule has 0 atom stereocenters. The standard InChI is InChI=1S/C20H19BF2N2O4/c1-12-11-15(29-21(22)23)17(19(27)28-12)14(26)8-5-9-16-20(2,3)13-7-6-10-24-18(13)25(16)4/h5-11H,1-4H3/b8-5+,16-9-.